The molecule has 0 aliphatic carbocycles. The summed E-state index contributed by atoms with van der Waals surface area (Å²) in [6.45, 7) is -0.0109. The van der Waals surface area contributed by atoms with Crippen LogP contribution in [0.1, 0.15) is 5.56 Å². The van der Waals surface area contributed by atoms with E-state index in [4.69, 9.17) is 5.73 Å². The number of nitrogens with two attached hydrogens (primary N) is 1. The zero-order valence-corrected chi connectivity index (χ0v) is 8.86. The van der Waals surface area contributed by atoms with E-state index in [0.29, 0.717) is 0 Å². The summed E-state index contributed by atoms with van der Waals surface area (Å²) in [7, 11) is 0. The fraction of sp³-hybridized carbons (Fsp3) is 0.0833. The molecule has 17 heavy (non-hydrogen) atoms. The summed E-state index contributed by atoms with van der Waals surface area (Å²) in [4.78, 5) is 11.1. The molecule has 0 spiro atoms. The lowest BCUT2D eigenvalue weighted by Gasteiger charge is -2.08. The second-order valence-electron chi connectivity index (χ2n) is 3.64. The predicted octanol–water partition coefficient (Wildman–Crippen LogP) is 1.76. The molecular formula is C12H10F2N2O. The SMILES string of the molecule is Nc1cn(Cc2c(F)cccc2F)ccc1=O. The summed E-state index contributed by atoms with van der Waals surface area (Å²) in [6, 6.07) is 4.93. The topological polar surface area (TPSA) is 48.0 Å². The number of hydrogen-bond acceptors (Lipinski definition) is 2. The zero-order valence-electron chi connectivity index (χ0n) is 8.86. The number of nitrogens with zero attached hydrogens (tertiary/aromatic N) is 1. The molecule has 2 N–H and O–H groups in total. The lowest BCUT2D eigenvalue weighted by molar-refractivity contribution is 0.544. The molecule has 0 saturated carbocycles. The number of rotatable bonds is 2. The highest BCUT2D eigenvalue weighted by molar-refractivity contribution is 5.34. The monoisotopic (exact) mass is 236 g/mol. The van der Waals surface area contributed by atoms with Crippen LogP contribution in [-0.2, 0) is 6.54 Å². The van der Waals surface area contributed by atoms with Gasteiger partial charge in [0.25, 0.3) is 0 Å². The molecule has 1 aromatic heterocycles. The Hall–Kier alpha value is -2.17. The number of benzene rings is 1. The van der Waals surface area contributed by atoms with Gasteiger partial charge in [0.2, 0.25) is 5.43 Å². The standard InChI is InChI=1S/C12H10F2N2O/c13-9-2-1-3-10(14)8(9)6-16-5-4-12(17)11(15)7-16/h1-5,7H,6,15H2. The zero-order chi connectivity index (χ0) is 12.4. The van der Waals surface area contributed by atoms with Crippen molar-refractivity contribution in [2.24, 2.45) is 0 Å². The van der Waals surface area contributed by atoms with Gasteiger partial charge in [-0.2, -0.15) is 0 Å². The molecule has 0 unspecified atom stereocenters. The molecule has 0 radical (unpaired) electrons. The van der Waals surface area contributed by atoms with Crippen LogP contribution in [0, 0.1) is 11.6 Å². The molecule has 0 aliphatic rings. The number of pyridine rings is 1. The van der Waals surface area contributed by atoms with Crippen molar-refractivity contribution in [1.82, 2.24) is 4.57 Å². The second kappa shape index (κ2) is 4.37. The number of halogens is 2. The Bertz CT molecular complexity index is 587. The predicted molar refractivity (Wildman–Crippen MR) is 60.6 cm³/mol. The van der Waals surface area contributed by atoms with E-state index in [-0.39, 0.29) is 23.2 Å². The van der Waals surface area contributed by atoms with Crippen LogP contribution in [0.2, 0.25) is 0 Å². The van der Waals surface area contributed by atoms with E-state index in [2.05, 4.69) is 0 Å². The van der Waals surface area contributed by atoms with E-state index in [1.165, 1.54) is 41.2 Å². The van der Waals surface area contributed by atoms with Crippen molar-refractivity contribution in [3.05, 3.63) is 64.1 Å². The van der Waals surface area contributed by atoms with E-state index in [1.807, 2.05) is 0 Å². The van der Waals surface area contributed by atoms with E-state index in [0.717, 1.165) is 0 Å². The van der Waals surface area contributed by atoms with Crippen molar-refractivity contribution in [1.29, 1.82) is 0 Å². The summed E-state index contributed by atoms with van der Waals surface area (Å²) < 4.78 is 28.2. The fourth-order valence-corrected chi connectivity index (χ4v) is 1.51. The number of hydrogen-bond donors (Lipinski definition) is 1. The minimum absolute atomic E-state index is 0.0109. The normalized spacial score (nSPS) is 10.5. The van der Waals surface area contributed by atoms with Crippen molar-refractivity contribution < 1.29 is 8.78 Å². The van der Waals surface area contributed by atoms with E-state index < -0.39 is 11.6 Å². The quantitative estimate of drug-likeness (QED) is 0.863. The van der Waals surface area contributed by atoms with Gasteiger partial charge in [-0.1, -0.05) is 6.07 Å². The molecule has 2 aromatic rings. The van der Waals surface area contributed by atoms with Crippen molar-refractivity contribution in [3.63, 3.8) is 0 Å². The highest BCUT2D eigenvalue weighted by Crippen LogP contribution is 2.13. The molecule has 0 saturated heterocycles. The lowest BCUT2D eigenvalue weighted by Crippen LogP contribution is -2.12. The summed E-state index contributed by atoms with van der Waals surface area (Å²) >= 11 is 0. The molecule has 0 aliphatic heterocycles. The molecule has 0 amide bonds. The number of anilines is 1. The Morgan fingerprint density at radius 2 is 1.82 bits per heavy atom. The molecule has 1 aromatic carbocycles. The Morgan fingerprint density at radius 3 is 2.41 bits per heavy atom. The molecule has 5 heteroatoms. The molecule has 0 atom stereocenters. The van der Waals surface area contributed by atoms with Crippen molar-refractivity contribution in [2.45, 2.75) is 6.54 Å². The van der Waals surface area contributed by atoms with Crippen LogP contribution in [0.4, 0.5) is 14.5 Å². The first kappa shape index (κ1) is 11.3. The van der Waals surface area contributed by atoms with Gasteiger partial charge in [0, 0.05) is 24.0 Å². The largest absolute Gasteiger partial charge is 0.394 e. The van der Waals surface area contributed by atoms with Gasteiger partial charge in [-0.15, -0.1) is 0 Å². The number of aromatic nitrogens is 1. The van der Waals surface area contributed by atoms with Gasteiger partial charge in [-0.25, -0.2) is 8.78 Å². The van der Waals surface area contributed by atoms with Crippen LogP contribution in [-0.4, -0.2) is 4.57 Å². The first-order valence-corrected chi connectivity index (χ1v) is 4.96. The smallest absolute Gasteiger partial charge is 0.204 e. The summed E-state index contributed by atoms with van der Waals surface area (Å²) in [5.74, 6) is -1.25. The fourth-order valence-electron chi connectivity index (χ4n) is 1.51. The van der Waals surface area contributed by atoms with Gasteiger partial charge >= 0.3 is 0 Å². The third kappa shape index (κ3) is 2.33. The molecule has 0 fully saturated rings. The second-order valence-corrected chi connectivity index (χ2v) is 3.64. The Balaban J connectivity index is 2.38. The molecular weight excluding hydrogens is 226 g/mol. The van der Waals surface area contributed by atoms with E-state index in [1.54, 1.807) is 0 Å². The first-order chi connectivity index (χ1) is 8.08. The van der Waals surface area contributed by atoms with Gasteiger partial charge < -0.3 is 10.3 Å². The average molecular weight is 236 g/mol. The third-order valence-corrected chi connectivity index (χ3v) is 2.41. The van der Waals surface area contributed by atoms with Gasteiger partial charge in [0.15, 0.2) is 0 Å². The third-order valence-electron chi connectivity index (χ3n) is 2.41. The van der Waals surface area contributed by atoms with Crippen LogP contribution >= 0.6 is 0 Å². The molecule has 3 nitrogen and oxygen atoms in total. The van der Waals surface area contributed by atoms with Crippen molar-refractivity contribution in [2.75, 3.05) is 5.73 Å². The van der Waals surface area contributed by atoms with Gasteiger partial charge in [0.1, 0.15) is 11.6 Å². The summed E-state index contributed by atoms with van der Waals surface area (Å²) in [5.41, 5.74) is 5.11. The Morgan fingerprint density at radius 1 is 1.18 bits per heavy atom. The van der Waals surface area contributed by atoms with Crippen LogP contribution in [0.15, 0.2) is 41.5 Å². The van der Waals surface area contributed by atoms with E-state index >= 15 is 0 Å². The van der Waals surface area contributed by atoms with Gasteiger partial charge in [-0.3, -0.25) is 4.79 Å². The van der Waals surface area contributed by atoms with Crippen LogP contribution in [0.3, 0.4) is 0 Å². The molecule has 88 valence electrons. The maximum Gasteiger partial charge on any atom is 0.204 e. The van der Waals surface area contributed by atoms with Crippen LogP contribution < -0.4 is 11.2 Å². The molecule has 2 rings (SSSR count). The molecule has 1 heterocycles. The van der Waals surface area contributed by atoms with Crippen LogP contribution in [0.25, 0.3) is 0 Å². The highest BCUT2D eigenvalue weighted by Gasteiger charge is 2.08. The maximum atomic E-state index is 13.4. The minimum atomic E-state index is -0.623. The average Bonchev–Trinajstić information content (AvgIpc) is 2.28. The summed E-state index contributed by atoms with van der Waals surface area (Å²) in [5, 5.41) is 0. The Labute approximate surface area is 96.1 Å². The Kier molecular flexibility index (Phi) is 2.91. The van der Waals surface area contributed by atoms with Crippen LogP contribution in [0.5, 0.6) is 0 Å². The molecule has 0 bridgehead atoms. The maximum absolute atomic E-state index is 13.4. The highest BCUT2D eigenvalue weighted by atomic mass is 19.1. The number of nitrogen functional groups attached to an aromatic ring is 1. The lowest BCUT2D eigenvalue weighted by atomic mass is 10.2. The van der Waals surface area contributed by atoms with Gasteiger partial charge in [0.05, 0.1) is 12.2 Å². The van der Waals surface area contributed by atoms with Crippen molar-refractivity contribution in [3.8, 4) is 0 Å². The first-order valence-electron chi connectivity index (χ1n) is 4.96. The van der Waals surface area contributed by atoms with Gasteiger partial charge in [-0.05, 0) is 12.1 Å². The summed E-state index contributed by atoms with van der Waals surface area (Å²) in [6.07, 6.45) is 2.79. The van der Waals surface area contributed by atoms with Crippen molar-refractivity contribution >= 4 is 5.69 Å². The van der Waals surface area contributed by atoms with E-state index in [9.17, 15) is 13.6 Å². The minimum Gasteiger partial charge on any atom is -0.394 e.